The first-order chi connectivity index (χ1) is 5.85. The van der Waals surface area contributed by atoms with Gasteiger partial charge in [0.15, 0.2) is 0 Å². The third-order valence-corrected chi connectivity index (χ3v) is 2.41. The summed E-state index contributed by atoms with van der Waals surface area (Å²) in [7, 11) is 1.76. The van der Waals surface area contributed by atoms with Crippen LogP contribution in [-0.4, -0.2) is 36.0 Å². The molecule has 1 saturated heterocycles. The van der Waals surface area contributed by atoms with Gasteiger partial charge in [0.05, 0.1) is 11.8 Å². The Labute approximate surface area is 71.3 Å². The number of nitrogens with one attached hydrogen (secondary N) is 2. The topological polar surface area (TPSA) is 49.9 Å². The number of hydrogen-bond donors (Lipinski definition) is 2. The largest absolute Gasteiger partial charge is 0.375 e. The highest BCUT2D eigenvalue weighted by molar-refractivity contribution is 5.11. The van der Waals surface area contributed by atoms with Crippen molar-refractivity contribution in [3.63, 3.8) is 0 Å². The first-order valence-electron chi connectivity index (χ1n) is 4.08. The van der Waals surface area contributed by atoms with E-state index in [4.69, 9.17) is 4.74 Å². The maximum Gasteiger partial charge on any atom is 0.0967 e. The van der Waals surface area contributed by atoms with Crippen molar-refractivity contribution in [2.45, 2.75) is 12.0 Å². The second kappa shape index (κ2) is 2.88. The van der Waals surface area contributed by atoms with E-state index in [9.17, 15) is 0 Å². The molecule has 1 aromatic heterocycles. The molecular weight excluding hydrogens is 154 g/mol. The molecule has 0 bridgehead atoms. The Morgan fingerprint density at radius 2 is 2.50 bits per heavy atom. The van der Waals surface area contributed by atoms with Crippen LogP contribution < -0.4 is 5.32 Å². The van der Waals surface area contributed by atoms with Crippen LogP contribution in [0.4, 0.5) is 0 Å². The second-order valence-electron chi connectivity index (χ2n) is 3.27. The van der Waals surface area contributed by atoms with E-state index in [0.717, 1.165) is 19.5 Å². The van der Waals surface area contributed by atoms with Crippen molar-refractivity contribution in [1.29, 1.82) is 0 Å². The predicted molar refractivity (Wildman–Crippen MR) is 44.9 cm³/mol. The summed E-state index contributed by atoms with van der Waals surface area (Å²) in [5, 5.41) is 9.91. The van der Waals surface area contributed by atoms with Gasteiger partial charge in [-0.3, -0.25) is 5.10 Å². The highest BCUT2D eigenvalue weighted by Gasteiger charge is 2.37. The lowest BCUT2D eigenvalue weighted by Gasteiger charge is -2.41. The molecule has 1 aromatic rings. The van der Waals surface area contributed by atoms with Crippen LogP contribution in [0.15, 0.2) is 12.4 Å². The number of aromatic amines is 1. The van der Waals surface area contributed by atoms with Crippen LogP contribution in [-0.2, 0) is 11.2 Å². The van der Waals surface area contributed by atoms with Crippen LogP contribution in [0.25, 0.3) is 0 Å². The Morgan fingerprint density at radius 3 is 2.92 bits per heavy atom. The van der Waals surface area contributed by atoms with Gasteiger partial charge in [0, 0.05) is 32.8 Å². The second-order valence-corrected chi connectivity index (χ2v) is 3.27. The molecule has 0 amide bonds. The summed E-state index contributed by atoms with van der Waals surface area (Å²) in [6, 6.07) is 0. The summed E-state index contributed by atoms with van der Waals surface area (Å²) in [6.07, 6.45) is 4.70. The normalized spacial score (nSPS) is 20.4. The van der Waals surface area contributed by atoms with Gasteiger partial charge in [-0.1, -0.05) is 0 Å². The maximum absolute atomic E-state index is 5.44. The zero-order chi connectivity index (χ0) is 8.44. The minimum atomic E-state index is 0.0177. The van der Waals surface area contributed by atoms with Gasteiger partial charge >= 0.3 is 0 Å². The fourth-order valence-electron chi connectivity index (χ4n) is 1.49. The van der Waals surface area contributed by atoms with E-state index >= 15 is 0 Å². The molecule has 1 aliphatic rings. The lowest BCUT2D eigenvalue weighted by Crippen LogP contribution is -2.61. The summed E-state index contributed by atoms with van der Waals surface area (Å²) in [5.74, 6) is 0. The highest BCUT2D eigenvalue weighted by atomic mass is 16.5. The molecule has 2 heterocycles. The molecule has 66 valence electrons. The van der Waals surface area contributed by atoms with Crippen LogP contribution in [0.1, 0.15) is 5.56 Å². The molecule has 0 spiro atoms. The van der Waals surface area contributed by atoms with Gasteiger partial charge in [0.25, 0.3) is 0 Å². The quantitative estimate of drug-likeness (QED) is 0.663. The molecule has 1 aliphatic heterocycles. The molecule has 0 unspecified atom stereocenters. The molecular formula is C8H13N3O. The zero-order valence-corrected chi connectivity index (χ0v) is 7.13. The number of ether oxygens (including phenoxy) is 1. The lowest BCUT2D eigenvalue weighted by molar-refractivity contribution is -0.0502. The summed E-state index contributed by atoms with van der Waals surface area (Å²) in [4.78, 5) is 0. The van der Waals surface area contributed by atoms with Crippen molar-refractivity contribution in [2.24, 2.45) is 0 Å². The van der Waals surface area contributed by atoms with E-state index in [1.54, 1.807) is 7.11 Å². The van der Waals surface area contributed by atoms with Gasteiger partial charge in [-0.25, -0.2) is 0 Å². The van der Waals surface area contributed by atoms with Crippen molar-refractivity contribution >= 4 is 0 Å². The van der Waals surface area contributed by atoms with Crippen molar-refractivity contribution in [3.05, 3.63) is 18.0 Å². The zero-order valence-electron chi connectivity index (χ0n) is 7.13. The fourth-order valence-corrected chi connectivity index (χ4v) is 1.49. The average Bonchev–Trinajstić information content (AvgIpc) is 2.49. The molecule has 2 N–H and O–H groups in total. The van der Waals surface area contributed by atoms with Crippen molar-refractivity contribution in [1.82, 2.24) is 15.5 Å². The molecule has 2 rings (SSSR count). The van der Waals surface area contributed by atoms with Gasteiger partial charge in [-0.15, -0.1) is 0 Å². The Balaban J connectivity index is 2.01. The first-order valence-corrected chi connectivity index (χ1v) is 4.08. The minimum Gasteiger partial charge on any atom is -0.375 e. The van der Waals surface area contributed by atoms with Crippen molar-refractivity contribution in [3.8, 4) is 0 Å². The SMILES string of the molecule is COC1(Cc2cn[nH]c2)CNC1. The number of H-pyrrole nitrogens is 1. The molecule has 1 fully saturated rings. The van der Waals surface area contributed by atoms with Crippen LogP contribution >= 0.6 is 0 Å². The van der Waals surface area contributed by atoms with Gasteiger partial charge < -0.3 is 10.1 Å². The molecule has 0 aromatic carbocycles. The average molecular weight is 167 g/mol. The molecule has 12 heavy (non-hydrogen) atoms. The number of methoxy groups -OCH3 is 1. The molecule has 0 aliphatic carbocycles. The minimum absolute atomic E-state index is 0.0177. The van der Waals surface area contributed by atoms with Gasteiger partial charge in [-0.05, 0) is 5.56 Å². The van der Waals surface area contributed by atoms with Gasteiger partial charge in [-0.2, -0.15) is 5.10 Å². The monoisotopic (exact) mass is 167 g/mol. The standard InChI is InChI=1S/C8H13N3O/c1-12-8(5-9-6-8)2-7-3-10-11-4-7/h3-4,9H,2,5-6H2,1H3,(H,10,11). The van der Waals surface area contributed by atoms with Crippen LogP contribution in [0.2, 0.25) is 0 Å². The number of nitrogens with zero attached hydrogens (tertiary/aromatic N) is 1. The van der Waals surface area contributed by atoms with E-state index in [0.29, 0.717) is 0 Å². The Hall–Kier alpha value is -0.870. The number of rotatable bonds is 3. The van der Waals surface area contributed by atoms with Crippen LogP contribution in [0.5, 0.6) is 0 Å². The molecule has 4 heteroatoms. The Kier molecular flexibility index (Phi) is 1.86. The van der Waals surface area contributed by atoms with Gasteiger partial charge in [0.1, 0.15) is 0 Å². The molecule has 0 saturated carbocycles. The van der Waals surface area contributed by atoms with E-state index in [-0.39, 0.29) is 5.60 Å². The molecule has 0 atom stereocenters. The first kappa shape index (κ1) is 7.76. The highest BCUT2D eigenvalue weighted by Crippen LogP contribution is 2.20. The van der Waals surface area contributed by atoms with E-state index in [2.05, 4.69) is 15.5 Å². The summed E-state index contributed by atoms with van der Waals surface area (Å²) < 4.78 is 5.44. The maximum atomic E-state index is 5.44. The summed E-state index contributed by atoms with van der Waals surface area (Å²) >= 11 is 0. The van der Waals surface area contributed by atoms with E-state index in [1.807, 2.05) is 12.4 Å². The van der Waals surface area contributed by atoms with E-state index in [1.165, 1.54) is 5.56 Å². The van der Waals surface area contributed by atoms with Crippen molar-refractivity contribution < 1.29 is 4.74 Å². The number of aromatic nitrogens is 2. The van der Waals surface area contributed by atoms with Crippen LogP contribution in [0, 0.1) is 0 Å². The summed E-state index contributed by atoms with van der Waals surface area (Å²) in [5.41, 5.74) is 1.22. The number of hydrogen-bond acceptors (Lipinski definition) is 3. The molecule has 0 radical (unpaired) electrons. The third kappa shape index (κ3) is 1.23. The lowest BCUT2D eigenvalue weighted by atomic mass is 9.90. The van der Waals surface area contributed by atoms with E-state index < -0.39 is 0 Å². The third-order valence-electron chi connectivity index (χ3n) is 2.41. The van der Waals surface area contributed by atoms with Gasteiger partial charge in [0.2, 0.25) is 0 Å². The van der Waals surface area contributed by atoms with Crippen LogP contribution in [0.3, 0.4) is 0 Å². The molecule has 4 nitrogen and oxygen atoms in total. The Morgan fingerprint density at radius 1 is 1.67 bits per heavy atom. The Bertz CT molecular complexity index is 235. The smallest absolute Gasteiger partial charge is 0.0967 e. The predicted octanol–water partition coefficient (Wildman–Crippen LogP) is -0.0594. The van der Waals surface area contributed by atoms with Crippen molar-refractivity contribution in [2.75, 3.05) is 20.2 Å². The summed E-state index contributed by atoms with van der Waals surface area (Å²) in [6.45, 7) is 1.88. The fraction of sp³-hybridized carbons (Fsp3) is 0.625.